The molecule has 0 spiro atoms. The number of halogens is 2. The average Bonchev–Trinajstić information content (AvgIpc) is 1.46. The second-order valence-electron chi connectivity index (χ2n) is 0.0825. The molecule has 0 aromatic carbocycles. The monoisotopic (exact) mass is 80.0 g/mol. The van der Waals surface area contributed by atoms with Crippen LogP contribution >= 0.6 is 0 Å². The molecule has 3 heteroatoms. The van der Waals surface area contributed by atoms with Gasteiger partial charge in [-0.1, -0.05) is 0 Å². The van der Waals surface area contributed by atoms with E-state index in [1.54, 1.807) is 0 Å². The second-order valence-corrected chi connectivity index (χ2v) is 0.0825. The molecule has 0 amide bonds. The quantitative estimate of drug-likeness (QED) is 0.393. The zero-order valence-electron chi connectivity index (χ0n) is 2.32. The van der Waals surface area contributed by atoms with Crippen molar-refractivity contribution in [2.24, 2.45) is 0 Å². The molecule has 30 valence electrons. The number of hydrogen-bond donors (Lipinski definition) is 0. The lowest BCUT2D eigenvalue weighted by Crippen LogP contribution is -1.17. The van der Waals surface area contributed by atoms with Crippen LogP contribution in [-0.4, -0.2) is 6.79 Å². The van der Waals surface area contributed by atoms with E-state index in [2.05, 4.69) is 6.79 Å². The van der Waals surface area contributed by atoms with E-state index in [0.717, 1.165) is 0 Å². The molecule has 0 aromatic rings. The lowest BCUT2D eigenvalue weighted by molar-refractivity contribution is 0.404. The third-order valence-electron chi connectivity index (χ3n) is 0. The highest BCUT2D eigenvalue weighted by Crippen LogP contribution is 1.68. The highest BCUT2D eigenvalue weighted by atomic mass is 19.3. The van der Waals surface area contributed by atoms with E-state index in [-0.39, 0.29) is 0 Å². The Morgan fingerprint density at radius 1 is 1.40 bits per heavy atom. The van der Waals surface area contributed by atoms with Crippen LogP contribution in [0.2, 0.25) is 0 Å². The Morgan fingerprint density at radius 3 is 1.40 bits per heavy atom. The molecule has 0 unspecified atom stereocenters. The van der Waals surface area contributed by atoms with Gasteiger partial charge < -0.3 is 0 Å². The summed E-state index contributed by atoms with van der Waals surface area (Å²) in [5, 5.41) is 0. The topological polar surface area (TPSA) is 17.1 Å². The van der Waals surface area contributed by atoms with Gasteiger partial charge in [-0.25, -0.2) is 8.78 Å². The summed E-state index contributed by atoms with van der Waals surface area (Å²) >= 11 is 0. The summed E-state index contributed by atoms with van der Waals surface area (Å²) in [6, 6.07) is 0. The van der Waals surface area contributed by atoms with Crippen molar-refractivity contribution in [2.75, 3.05) is 0 Å². The van der Waals surface area contributed by atoms with Crippen LogP contribution < -0.4 is 0 Å². The first kappa shape index (κ1) is 8.82. The number of carbonyl (C=O) groups excluding carboxylic acids is 1. The van der Waals surface area contributed by atoms with Gasteiger partial charge in [0.25, 0.3) is 6.93 Å². The molecule has 0 saturated heterocycles. The molecule has 0 aliphatic carbocycles. The first-order valence-corrected chi connectivity index (χ1v) is 0.672. The molecule has 0 aliphatic rings. The van der Waals surface area contributed by atoms with Crippen LogP contribution in [0.4, 0.5) is 8.78 Å². The maximum absolute atomic E-state index is 9.50. The Morgan fingerprint density at radius 2 is 1.40 bits per heavy atom. The SMILES string of the molecule is F[CH]F.[CH]=O. The largest absolute Gasteiger partial charge is 0.298 e. The molecule has 1 nitrogen and oxygen atoms in total. The minimum atomic E-state index is -1.00. The number of hydrogen-bond acceptors (Lipinski definition) is 1. The van der Waals surface area contributed by atoms with E-state index in [9.17, 15) is 8.78 Å². The van der Waals surface area contributed by atoms with E-state index in [1.807, 2.05) is 0 Å². The fourth-order valence-corrected chi connectivity index (χ4v) is 0. The van der Waals surface area contributed by atoms with Gasteiger partial charge in [-0.3, -0.25) is 4.79 Å². The summed E-state index contributed by atoms with van der Waals surface area (Å²) in [7, 11) is 0. The Labute approximate surface area is 28.6 Å². The molecule has 0 heterocycles. The van der Waals surface area contributed by atoms with Crippen molar-refractivity contribution in [3.63, 3.8) is 0 Å². The third-order valence-corrected chi connectivity index (χ3v) is 0. The van der Waals surface area contributed by atoms with Gasteiger partial charge in [0.2, 0.25) is 0 Å². The Balaban J connectivity index is 0. The zero-order chi connectivity index (χ0) is 4.71. The molecule has 0 aromatic heterocycles. The highest BCUT2D eigenvalue weighted by Gasteiger charge is 1.48. The fraction of sp³-hybridized carbons (Fsp3) is 0. The van der Waals surface area contributed by atoms with E-state index in [0.29, 0.717) is 0 Å². The molecular formula is C2H2F2O. The lowest BCUT2D eigenvalue weighted by atomic mass is 11.7. The highest BCUT2D eigenvalue weighted by molar-refractivity contribution is 5.12. The van der Waals surface area contributed by atoms with Gasteiger partial charge in [-0.2, -0.15) is 0 Å². The Hall–Kier alpha value is -0.470. The van der Waals surface area contributed by atoms with Crippen molar-refractivity contribution in [3.8, 4) is 0 Å². The van der Waals surface area contributed by atoms with Crippen LogP contribution in [0.5, 0.6) is 0 Å². The van der Waals surface area contributed by atoms with Gasteiger partial charge in [-0.15, -0.1) is 0 Å². The first-order valence-electron chi connectivity index (χ1n) is 0.672. The molecule has 5 heavy (non-hydrogen) atoms. The molecule has 0 rings (SSSR count). The normalized spacial score (nSPS) is 4.40. The molecule has 0 saturated carbocycles. The maximum Gasteiger partial charge on any atom is 0.298 e. The standard InChI is InChI=1S/CHF2.CHO/c2-1-3;1-2/h1H;1H. The molecule has 0 aliphatic heterocycles. The molecule has 0 N–H and O–H groups in total. The van der Waals surface area contributed by atoms with Gasteiger partial charge in [0.05, 0.1) is 0 Å². The smallest absolute Gasteiger partial charge is 0.295 e. The van der Waals surface area contributed by atoms with E-state index >= 15 is 0 Å². The predicted molar refractivity (Wildman–Crippen MR) is 13.3 cm³/mol. The van der Waals surface area contributed by atoms with Crippen molar-refractivity contribution in [2.45, 2.75) is 0 Å². The molecule has 2 radical (unpaired) electrons. The van der Waals surface area contributed by atoms with E-state index in [1.165, 1.54) is 0 Å². The van der Waals surface area contributed by atoms with Gasteiger partial charge in [0, 0.05) is 0 Å². The summed E-state index contributed by atoms with van der Waals surface area (Å²) in [6.07, 6.45) is 0. The van der Waals surface area contributed by atoms with Crippen LogP contribution in [0.15, 0.2) is 0 Å². The van der Waals surface area contributed by atoms with Crippen LogP contribution in [-0.2, 0) is 4.79 Å². The average molecular weight is 80.0 g/mol. The van der Waals surface area contributed by atoms with Gasteiger partial charge in [0.15, 0.2) is 6.79 Å². The summed E-state index contributed by atoms with van der Waals surface area (Å²) in [6.45, 7) is 2.25. The van der Waals surface area contributed by atoms with Crippen LogP contribution in [0.25, 0.3) is 0 Å². The summed E-state index contributed by atoms with van der Waals surface area (Å²) < 4.78 is 19.0. The summed E-state index contributed by atoms with van der Waals surface area (Å²) in [4.78, 5) is 7.75. The Kier molecular flexibility index (Phi) is 142. The van der Waals surface area contributed by atoms with Gasteiger partial charge in [0.1, 0.15) is 0 Å². The van der Waals surface area contributed by atoms with Crippen molar-refractivity contribution < 1.29 is 13.6 Å². The lowest BCUT2D eigenvalue weighted by Gasteiger charge is -1.39. The van der Waals surface area contributed by atoms with Gasteiger partial charge in [-0.05, 0) is 0 Å². The minimum absolute atomic E-state index is 1.00. The van der Waals surface area contributed by atoms with Crippen molar-refractivity contribution >= 4 is 6.79 Å². The minimum Gasteiger partial charge on any atom is -0.295 e. The molecule has 0 atom stereocenters. The summed E-state index contributed by atoms with van der Waals surface area (Å²) in [5.41, 5.74) is 0. The van der Waals surface area contributed by atoms with Crippen molar-refractivity contribution in [1.82, 2.24) is 0 Å². The predicted octanol–water partition coefficient (Wildman–Crippen LogP) is 0.771. The summed E-state index contributed by atoms with van der Waals surface area (Å²) in [5.74, 6) is 0. The van der Waals surface area contributed by atoms with Crippen molar-refractivity contribution in [1.29, 1.82) is 0 Å². The molecule has 0 bridgehead atoms. The first-order chi connectivity index (χ1) is 2.41. The van der Waals surface area contributed by atoms with Gasteiger partial charge >= 0.3 is 0 Å². The van der Waals surface area contributed by atoms with Crippen molar-refractivity contribution in [3.05, 3.63) is 6.93 Å². The maximum atomic E-state index is 9.50. The number of rotatable bonds is 0. The van der Waals surface area contributed by atoms with E-state index < -0.39 is 6.93 Å². The zero-order valence-corrected chi connectivity index (χ0v) is 2.32. The van der Waals surface area contributed by atoms with Crippen LogP contribution in [0.1, 0.15) is 0 Å². The molecule has 0 fully saturated rings. The second kappa shape index (κ2) is 80.4. The van der Waals surface area contributed by atoms with Crippen LogP contribution in [0.3, 0.4) is 0 Å². The van der Waals surface area contributed by atoms with Crippen LogP contribution in [0, 0.1) is 6.93 Å². The Bertz CT molecular complexity index is 11.6. The van der Waals surface area contributed by atoms with E-state index in [4.69, 9.17) is 4.79 Å². The fourth-order valence-electron chi connectivity index (χ4n) is 0. The molecular weight excluding hydrogens is 78.0 g/mol. The third kappa shape index (κ3) is 37.4.